The fourth-order valence-corrected chi connectivity index (χ4v) is 10.9. The molecule has 1 aromatic heterocycles. The summed E-state index contributed by atoms with van der Waals surface area (Å²) in [6, 6.07) is 20.8. The second-order valence-electron chi connectivity index (χ2n) is 18.8. The highest BCUT2D eigenvalue weighted by atomic mass is 19.1. The van der Waals surface area contributed by atoms with Crippen LogP contribution in [0.15, 0.2) is 71.5 Å². The zero-order chi connectivity index (χ0) is 43.7. The highest BCUT2D eigenvalue weighted by Gasteiger charge is 2.64. The van der Waals surface area contributed by atoms with Gasteiger partial charge in [-0.1, -0.05) is 27.7 Å². The van der Waals surface area contributed by atoms with E-state index in [4.69, 9.17) is 4.74 Å². The van der Waals surface area contributed by atoms with E-state index < -0.39 is 28.4 Å². The average Bonchev–Trinajstić information content (AvgIpc) is 3.80. The molecule has 5 heterocycles. The molecule has 2 atom stereocenters. The Kier molecular flexibility index (Phi) is 10.1. The van der Waals surface area contributed by atoms with Crippen molar-refractivity contribution in [2.75, 3.05) is 55.6 Å². The molecule has 62 heavy (non-hydrogen) atoms. The number of halogens is 1. The Hall–Kier alpha value is -6.27. The summed E-state index contributed by atoms with van der Waals surface area (Å²) in [5, 5.41) is 15.8. The zero-order valence-electron chi connectivity index (χ0n) is 35.4. The number of amides is 4. The number of benzene rings is 3. The number of rotatable bonds is 9. The molecular weight excluding hydrogens is 792 g/mol. The second kappa shape index (κ2) is 15.3. The number of imide groups is 1. The van der Waals surface area contributed by atoms with Gasteiger partial charge in [0.15, 0.2) is 0 Å². The number of anilines is 2. The summed E-state index contributed by atoms with van der Waals surface area (Å²) < 4.78 is 23.0. The third kappa shape index (κ3) is 7.23. The van der Waals surface area contributed by atoms with E-state index in [1.807, 2.05) is 35.2 Å². The number of pyridine rings is 1. The SMILES string of the molecule is CC1(C)C(NC(=O)c2ccc(N3CC[C@](F)(CN4CCN(c5ccc6c(c5)CN([C@H]5CCC(=O)NC5=O)C6=O)CC4)C3)cc2)C(C)(C)C1Oc1ccc(C#N)c2[nH]c(=O)ccc12. The van der Waals surface area contributed by atoms with Gasteiger partial charge in [-0.3, -0.25) is 34.2 Å². The molecule has 0 bridgehead atoms. The van der Waals surface area contributed by atoms with E-state index in [0.29, 0.717) is 92.0 Å². The standard InChI is InChI=1S/C47H51FN8O6/c1-45(2)43(46(3,4)44(45)62-36-14-7-29(24-49)39-34(36)12-15-37(57)50-39)52-40(59)28-5-8-31(9-6-28)55-18-17-47(48,27-55)26-53-19-21-54(22-20-53)32-10-11-33-30(23-32)25-56(42(33)61)35-13-16-38(58)51-41(35)60/h5-12,14-15,23,35,43-44H,13,16-22,25-27H2,1-4H3,(H,50,57)(H,52,59)(H,51,58,60)/t35-,43?,44?,47-/m0/s1. The van der Waals surface area contributed by atoms with Crippen LogP contribution < -0.4 is 30.7 Å². The molecule has 4 aliphatic heterocycles. The van der Waals surface area contributed by atoms with Crippen molar-refractivity contribution in [2.24, 2.45) is 10.8 Å². The van der Waals surface area contributed by atoms with Crippen molar-refractivity contribution in [2.45, 2.75) is 77.4 Å². The summed E-state index contributed by atoms with van der Waals surface area (Å²) in [5.74, 6) is -0.575. The van der Waals surface area contributed by atoms with E-state index in [2.05, 4.69) is 59.2 Å². The summed E-state index contributed by atoms with van der Waals surface area (Å²) in [4.78, 5) is 73.7. The van der Waals surface area contributed by atoms with Crippen molar-refractivity contribution in [1.29, 1.82) is 5.26 Å². The minimum Gasteiger partial charge on any atom is -0.488 e. The van der Waals surface area contributed by atoms with Crippen molar-refractivity contribution in [1.82, 2.24) is 25.4 Å². The molecular formula is C47H51FN8O6. The molecule has 1 saturated carbocycles. The monoisotopic (exact) mass is 842 g/mol. The number of fused-ring (bicyclic) bond motifs is 2. The van der Waals surface area contributed by atoms with E-state index in [0.717, 1.165) is 16.9 Å². The Morgan fingerprint density at radius 2 is 1.63 bits per heavy atom. The molecule has 5 aliphatic rings. The maximum Gasteiger partial charge on any atom is 0.255 e. The van der Waals surface area contributed by atoms with Gasteiger partial charge in [-0.2, -0.15) is 5.26 Å². The van der Waals surface area contributed by atoms with Crippen LogP contribution in [0.3, 0.4) is 0 Å². The van der Waals surface area contributed by atoms with Crippen molar-refractivity contribution in [3.8, 4) is 11.8 Å². The smallest absolute Gasteiger partial charge is 0.255 e. The third-order valence-corrected chi connectivity index (χ3v) is 13.9. The van der Waals surface area contributed by atoms with Gasteiger partial charge in [0.05, 0.1) is 17.6 Å². The predicted molar refractivity (Wildman–Crippen MR) is 231 cm³/mol. The van der Waals surface area contributed by atoms with E-state index in [-0.39, 0.29) is 48.4 Å². The molecule has 15 heteroatoms. The quantitative estimate of drug-likeness (QED) is 0.204. The first-order valence-electron chi connectivity index (χ1n) is 21.4. The number of nitrogens with zero attached hydrogens (tertiary/aromatic N) is 5. The average molecular weight is 843 g/mol. The molecule has 322 valence electrons. The van der Waals surface area contributed by atoms with Crippen LogP contribution >= 0.6 is 0 Å². The number of piperidine rings is 1. The van der Waals surface area contributed by atoms with Gasteiger partial charge < -0.3 is 29.7 Å². The fraction of sp³-hybridized carbons (Fsp3) is 0.447. The molecule has 3 saturated heterocycles. The zero-order valence-corrected chi connectivity index (χ0v) is 35.4. The van der Waals surface area contributed by atoms with Crippen LogP contribution in [0.25, 0.3) is 10.9 Å². The molecule has 1 aliphatic carbocycles. The number of hydrogen-bond donors (Lipinski definition) is 3. The van der Waals surface area contributed by atoms with Gasteiger partial charge in [0, 0.05) is 109 Å². The highest BCUT2D eigenvalue weighted by Crippen LogP contribution is 2.56. The van der Waals surface area contributed by atoms with E-state index >= 15 is 4.39 Å². The molecule has 0 spiro atoms. The van der Waals surface area contributed by atoms with Crippen molar-refractivity contribution in [3.05, 3.63) is 99.3 Å². The third-order valence-electron chi connectivity index (χ3n) is 13.9. The number of nitriles is 1. The predicted octanol–water partition coefficient (Wildman–Crippen LogP) is 4.51. The summed E-state index contributed by atoms with van der Waals surface area (Å²) in [6.45, 7) is 12.5. The van der Waals surface area contributed by atoms with Crippen molar-refractivity contribution >= 4 is 45.9 Å². The number of nitrogens with one attached hydrogen (secondary N) is 3. The lowest BCUT2D eigenvalue weighted by atomic mass is 9.49. The summed E-state index contributed by atoms with van der Waals surface area (Å²) in [6.07, 6.45) is 0.657. The number of hydrogen-bond acceptors (Lipinski definition) is 10. The largest absolute Gasteiger partial charge is 0.488 e. The lowest BCUT2D eigenvalue weighted by Crippen LogP contribution is -2.74. The fourth-order valence-electron chi connectivity index (χ4n) is 10.9. The number of carbonyl (C=O) groups is 4. The number of piperazine rings is 1. The van der Waals surface area contributed by atoms with Gasteiger partial charge in [-0.25, -0.2) is 4.39 Å². The molecule has 4 fully saturated rings. The topological polar surface area (TPSA) is 171 Å². The van der Waals surface area contributed by atoms with Crippen molar-refractivity contribution < 1.29 is 28.3 Å². The van der Waals surface area contributed by atoms with Gasteiger partial charge in [-0.05, 0) is 72.6 Å². The number of carbonyl (C=O) groups excluding carboxylic acids is 4. The summed E-state index contributed by atoms with van der Waals surface area (Å²) in [7, 11) is 0. The number of aromatic nitrogens is 1. The van der Waals surface area contributed by atoms with Crippen LogP contribution in [0, 0.1) is 22.2 Å². The number of H-pyrrole nitrogens is 1. The van der Waals surface area contributed by atoms with Gasteiger partial charge in [-0.15, -0.1) is 0 Å². The lowest BCUT2D eigenvalue weighted by Gasteiger charge is -2.63. The molecule has 4 aromatic rings. The Morgan fingerprint density at radius 3 is 2.34 bits per heavy atom. The highest BCUT2D eigenvalue weighted by molar-refractivity contribution is 6.05. The van der Waals surface area contributed by atoms with Crippen LogP contribution in [0.5, 0.6) is 5.75 Å². The molecule has 3 aromatic carbocycles. The Bertz CT molecular complexity index is 2580. The van der Waals surface area contributed by atoms with E-state index in [9.17, 15) is 29.2 Å². The first-order valence-corrected chi connectivity index (χ1v) is 21.4. The van der Waals surface area contributed by atoms with Crippen LogP contribution in [-0.4, -0.2) is 108 Å². The Morgan fingerprint density at radius 1 is 0.903 bits per heavy atom. The number of aromatic amines is 1. The van der Waals surface area contributed by atoms with Crippen LogP contribution in [-0.2, 0) is 16.1 Å². The molecule has 4 amide bonds. The minimum atomic E-state index is -1.38. The summed E-state index contributed by atoms with van der Waals surface area (Å²) >= 11 is 0. The van der Waals surface area contributed by atoms with E-state index in [1.165, 1.54) is 6.07 Å². The molecule has 9 rings (SSSR count). The van der Waals surface area contributed by atoms with Gasteiger partial charge >= 0.3 is 0 Å². The Balaban J connectivity index is 0.768. The Labute approximate surface area is 359 Å². The molecule has 0 radical (unpaired) electrons. The maximum absolute atomic E-state index is 16.4. The molecule has 0 unspecified atom stereocenters. The molecule has 14 nitrogen and oxygen atoms in total. The van der Waals surface area contributed by atoms with Gasteiger partial charge in [0.25, 0.3) is 11.8 Å². The normalized spacial score (nSPS) is 25.6. The van der Waals surface area contributed by atoms with E-state index in [1.54, 1.807) is 35.2 Å². The van der Waals surface area contributed by atoms with Crippen molar-refractivity contribution in [3.63, 3.8) is 0 Å². The first kappa shape index (κ1) is 41.1. The van der Waals surface area contributed by atoms with Gasteiger partial charge in [0.1, 0.15) is 29.6 Å². The van der Waals surface area contributed by atoms with Gasteiger partial charge in [0.2, 0.25) is 17.4 Å². The van der Waals surface area contributed by atoms with Crippen LogP contribution in [0.1, 0.15) is 78.8 Å². The minimum absolute atomic E-state index is 0.192. The first-order chi connectivity index (χ1) is 29.5. The van der Waals surface area contributed by atoms with Crippen LogP contribution in [0.2, 0.25) is 0 Å². The lowest BCUT2D eigenvalue weighted by molar-refractivity contribution is -0.163. The second-order valence-corrected chi connectivity index (χ2v) is 18.8. The van der Waals surface area contributed by atoms with Crippen LogP contribution in [0.4, 0.5) is 15.8 Å². The number of alkyl halides is 1. The summed E-state index contributed by atoms with van der Waals surface area (Å²) in [5.41, 5.74) is 2.00. The molecule has 3 N–H and O–H groups in total. The number of ether oxygens (including phenoxy) is 1. The maximum atomic E-state index is 16.4.